The van der Waals surface area contributed by atoms with Crippen LogP contribution < -0.4 is 5.59 Å². The first-order valence-electron chi connectivity index (χ1n) is 5.98. The Hall–Kier alpha value is -1.42. The van der Waals surface area contributed by atoms with Gasteiger partial charge in [0.25, 0.3) is 0 Å². The van der Waals surface area contributed by atoms with Gasteiger partial charge < -0.3 is 0 Å². The standard InChI is InChI=1S/C13H15BN2O/c1-14-12-6-4-9-10-7-8(17)3-5-11(10)16(2)13(9)15-12/h4,6,8,17H,1,3,5,7H2,2H3. The second kappa shape index (κ2) is 3.81. The molecule has 3 rings (SSSR count). The minimum atomic E-state index is -0.202. The number of fused-ring (bicyclic) bond motifs is 3. The third-order valence-corrected chi connectivity index (χ3v) is 3.66. The van der Waals surface area contributed by atoms with Crippen LogP contribution in [0.1, 0.15) is 17.7 Å². The molecule has 1 N–H and O–H groups in total. The number of aliphatic hydroxyl groups is 1. The van der Waals surface area contributed by atoms with Crippen LogP contribution >= 0.6 is 0 Å². The van der Waals surface area contributed by atoms with Crippen molar-refractivity contribution in [1.82, 2.24) is 9.55 Å². The van der Waals surface area contributed by atoms with Gasteiger partial charge in [0, 0.05) is 0 Å². The molecule has 2 aromatic heterocycles. The van der Waals surface area contributed by atoms with Gasteiger partial charge in [-0.1, -0.05) is 0 Å². The average molecular weight is 226 g/mol. The maximum atomic E-state index is 9.78. The Bertz CT molecular complexity index is 603. The first-order valence-corrected chi connectivity index (χ1v) is 5.98. The van der Waals surface area contributed by atoms with Gasteiger partial charge in [-0.15, -0.1) is 0 Å². The van der Waals surface area contributed by atoms with Crippen LogP contribution in [0.5, 0.6) is 0 Å². The third kappa shape index (κ3) is 1.55. The van der Waals surface area contributed by atoms with Crippen molar-refractivity contribution in [1.29, 1.82) is 0 Å². The van der Waals surface area contributed by atoms with E-state index in [4.69, 9.17) is 0 Å². The minimum absolute atomic E-state index is 0.202. The van der Waals surface area contributed by atoms with Crippen molar-refractivity contribution in [3.63, 3.8) is 0 Å². The molecule has 0 aliphatic heterocycles. The molecular weight excluding hydrogens is 211 g/mol. The monoisotopic (exact) mass is 226 g/mol. The summed E-state index contributed by atoms with van der Waals surface area (Å²) < 4.78 is 2.16. The Morgan fingerprint density at radius 1 is 1.53 bits per heavy atom. The summed E-state index contributed by atoms with van der Waals surface area (Å²) >= 11 is 0. The van der Waals surface area contributed by atoms with Gasteiger partial charge in [0.15, 0.2) is 0 Å². The summed E-state index contributed by atoms with van der Waals surface area (Å²) in [5.41, 5.74) is 4.49. The van der Waals surface area contributed by atoms with E-state index < -0.39 is 0 Å². The van der Waals surface area contributed by atoms with Crippen LogP contribution in [0, 0.1) is 0 Å². The van der Waals surface area contributed by atoms with E-state index in [2.05, 4.69) is 29.1 Å². The van der Waals surface area contributed by atoms with E-state index in [1.807, 2.05) is 6.07 Å². The Kier molecular flexibility index (Phi) is 2.40. The van der Waals surface area contributed by atoms with Crippen LogP contribution in [0.3, 0.4) is 0 Å². The number of nitrogens with zero attached hydrogens (tertiary/aromatic N) is 2. The van der Waals surface area contributed by atoms with Gasteiger partial charge in [-0.25, -0.2) is 0 Å². The fourth-order valence-electron chi connectivity index (χ4n) is 2.74. The van der Waals surface area contributed by atoms with Gasteiger partial charge in [-0.2, -0.15) is 0 Å². The topological polar surface area (TPSA) is 38.0 Å². The molecule has 0 saturated carbocycles. The van der Waals surface area contributed by atoms with Gasteiger partial charge in [-0.3, -0.25) is 0 Å². The molecule has 1 atom stereocenters. The second-order valence-corrected chi connectivity index (χ2v) is 4.69. The SMILES string of the molecule is C=Bc1ccc2c3c(n(C)c2n1)CCC(O)C3. The molecule has 4 heteroatoms. The molecule has 17 heavy (non-hydrogen) atoms. The predicted octanol–water partition coefficient (Wildman–Crippen LogP) is 0.184. The summed E-state index contributed by atoms with van der Waals surface area (Å²) in [5, 5.41) is 11.0. The fraction of sp³-hybridized carbons (Fsp3) is 0.385. The van der Waals surface area contributed by atoms with Crippen molar-refractivity contribution in [2.75, 3.05) is 0 Å². The van der Waals surface area contributed by atoms with E-state index in [-0.39, 0.29) is 6.10 Å². The van der Waals surface area contributed by atoms with Crippen molar-refractivity contribution >= 4 is 30.0 Å². The van der Waals surface area contributed by atoms with E-state index in [1.165, 1.54) is 16.6 Å². The quantitative estimate of drug-likeness (QED) is 0.704. The molecule has 0 fully saturated rings. The van der Waals surface area contributed by atoms with Gasteiger partial charge in [-0.05, 0) is 0 Å². The van der Waals surface area contributed by atoms with E-state index in [9.17, 15) is 5.11 Å². The fourth-order valence-corrected chi connectivity index (χ4v) is 2.74. The number of aromatic nitrogens is 2. The van der Waals surface area contributed by atoms with Crippen LogP contribution in [-0.2, 0) is 19.9 Å². The van der Waals surface area contributed by atoms with E-state index in [1.54, 1.807) is 6.92 Å². The van der Waals surface area contributed by atoms with Crippen molar-refractivity contribution < 1.29 is 5.11 Å². The molecule has 1 unspecified atom stereocenters. The molecule has 1 aliphatic rings. The molecule has 0 amide bonds. The Morgan fingerprint density at radius 2 is 2.35 bits per heavy atom. The molecule has 0 aromatic carbocycles. The van der Waals surface area contributed by atoms with Crippen molar-refractivity contribution in [3.05, 3.63) is 23.4 Å². The summed E-state index contributed by atoms with van der Waals surface area (Å²) in [4.78, 5) is 4.59. The molecule has 2 aromatic rings. The molecule has 0 radical (unpaired) electrons. The molecule has 3 nitrogen and oxygen atoms in total. The number of pyridine rings is 1. The number of aryl methyl sites for hydroxylation is 1. The maximum absolute atomic E-state index is 9.78. The average Bonchev–Trinajstić information content (AvgIpc) is 2.62. The number of rotatable bonds is 1. The number of hydrogen-bond donors (Lipinski definition) is 1. The summed E-state index contributed by atoms with van der Waals surface area (Å²) in [5.74, 6) is 0. The van der Waals surface area contributed by atoms with Crippen LogP contribution in [0.2, 0.25) is 0 Å². The Labute approximate surface area is 101 Å². The molecular formula is C13H15BN2O. The molecule has 86 valence electrons. The predicted molar refractivity (Wildman–Crippen MR) is 71.3 cm³/mol. The first-order chi connectivity index (χ1) is 8.20. The zero-order valence-corrected chi connectivity index (χ0v) is 9.98. The van der Waals surface area contributed by atoms with Crippen molar-refractivity contribution in [2.24, 2.45) is 7.05 Å². The zero-order valence-electron chi connectivity index (χ0n) is 9.98. The van der Waals surface area contributed by atoms with Crippen LogP contribution in [0.15, 0.2) is 12.1 Å². The Balaban J connectivity index is 2.29. The van der Waals surface area contributed by atoms with Crippen molar-refractivity contribution in [2.45, 2.75) is 25.4 Å². The summed E-state index contributed by atoms with van der Waals surface area (Å²) in [6.07, 6.45) is 2.34. The van der Waals surface area contributed by atoms with Crippen LogP contribution in [0.4, 0.5) is 0 Å². The van der Waals surface area contributed by atoms with Gasteiger partial charge >= 0.3 is 100 Å². The molecule has 1 aliphatic carbocycles. The second-order valence-electron chi connectivity index (χ2n) is 4.69. The summed E-state index contributed by atoms with van der Waals surface area (Å²) in [6, 6.07) is 4.08. The van der Waals surface area contributed by atoms with Gasteiger partial charge in [0.1, 0.15) is 0 Å². The first kappa shape index (κ1) is 10.7. The molecule has 0 bridgehead atoms. The zero-order chi connectivity index (χ0) is 12.0. The normalized spacial score (nSPS) is 19.1. The van der Waals surface area contributed by atoms with Crippen LogP contribution in [0.25, 0.3) is 11.0 Å². The van der Waals surface area contributed by atoms with E-state index in [0.29, 0.717) is 0 Å². The molecule has 2 heterocycles. The third-order valence-electron chi connectivity index (χ3n) is 3.66. The van der Waals surface area contributed by atoms with E-state index in [0.717, 1.165) is 30.5 Å². The van der Waals surface area contributed by atoms with E-state index >= 15 is 0 Å². The van der Waals surface area contributed by atoms with Gasteiger partial charge in [0.05, 0.1) is 0 Å². The number of aliphatic hydroxyl groups excluding tert-OH is 1. The molecule has 0 saturated heterocycles. The van der Waals surface area contributed by atoms with Crippen molar-refractivity contribution in [3.8, 4) is 0 Å². The number of hydrogen-bond acceptors (Lipinski definition) is 2. The summed E-state index contributed by atoms with van der Waals surface area (Å²) in [6.45, 7) is 5.51. The summed E-state index contributed by atoms with van der Waals surface area (Å²) in [7, 11) is 2.05. The van der Waals surface area contributed by atoms with Crippen LogP contribution in [-0.4, -0.2) is 34.2 Å². The molecule has 0 spiro atoms. The van der Waals surface area contributed by atoms with Gasteiger partial charge in [0.2, 0.25) is 0 Å². The Morgan fingerprint density at radius 3 is 3.12 bits per heavy atom.